The lowest BCUT2D eigenvalue weighted by Gasteiger charge is -2.48. The molecule has 47 heavy (non-hydrogen) atoms. The minimum absolute atomic E-state index is 0.0849. The lowest BCUT2D eigenvalue weighted by Crippen LogP contribution is -2.64. The van der Waals surface area contributed by atoms with Gasteiger partial charge in [0.1, 0.15) is 29.3 Å². The number of ether oxygens (including phenoxy) is 3. The number of carbonyl (C=O) groups excluding carboxylic acids is 3. The van der Waals surface area contributed by atoms with Crippen molar-refractivity contribution >= 4 is 35.1 Å². The Morgan fingerprint density at radius 3 is 1.94 bits per heavy atom. The highest BCUT2D eigenvalue weighted by molar-refractivity contribution is 6.30. The van der Waals surface area contributed by atoms with E-state index in [4.69, 9.17) is 25.8 Å². The summed E-state index contributed by atoms with van der Waals surface area (Å²) in [5, 5.41) is 13.3. The third-order valence-corrected chi connectivity index (χ3v) is 8.52. The van der Waals surface area contributed by atoms with Crippen LogP contribution in [-0.4, -0.2) is 80.1 Å². The molecule has 1 aliphatic rings. The molecule has 0 fully saturated rings. The molecule has 1 heterocycles. The van der Waals surface area contributed by atoms with Crippen LogP contribution in [0.5, 0.6) is 17.2 Å². The van der Waals surface area contributed by atoms with Gasteiger partial charge < -0.3 is 33.9 Å². The minimum Gasteiger partial charge on any atom is -0.546 e. The Balaban J connectivity index is 0.000000584. The van der Waals surface area contributed by atoms with Crippen LogP contribution in [-0.2, 0) is 19.9 Å². The molecule has 0 bridgehead atoms. The van der Waals surface area contributed by atoms with Gasteiger partial charge in [-0.05, 0) is 58.0 Å². The zero-order chi connectivity index (χ0) is 35.1. The van der Waals surface area contributed by atoms with E-state index in [1.807, 2.05) is 0 Å². The number of halogens is 1. The van der Waals surface area contributed by atoms with Gasteiger partial charge in [0, 0.05) is 60.5 Å². The van der Waals surface area contributed by atoms with Gasteiger partial charge in [0.25, 0.3) is 0 Å². The largest absolute Gasteiger partial charge is 0.546 e. The van der Waals surface area contributed by atoms with Gasteiger partial charge in [0.15, 0.2) is 6.10 Å². The fourth-order valence-electron chi connectivity index (χ4n) is 6.17. The number of carboxylic acid groups (broad SMARTS) is 1. The number of hydrogen-bond donors (Lipinski definition) is 0. The van der Waals surface area contributed by atoms with Crippen molar-refractivity contribution in [1.82, 2.24) is 9.80 Å². The van der Waals surface area contributed by atoms with E-state index < -0.39 is 36.0 Å². The zero-order valence-corrected chi connectivity index (χ0v) is 29.3. The smallest absolute Gasteiger partial charge is 0.246 e. The first-order chi connectivity index (χ1) is 22.2. The van der Waals surface area contributed by atoms with Crippen molar-refractivity contribution in [2.75, 3.05) is 39.3 Å². The van der Waals surface area contributed by atoms with Crippen LogP contribution < -0.4 is 24.2 Å². The number of aliphatic carboxylic acids is 1. The molecule has 3 aromatic carbocycles. The maximum absolute atomic E-state index is 13.3. The summed E-state index contributed by atoms with van der Waals surface area (Å²) in [4.78, 5) is 44.6. The van der Waals surface area contributed by atoms with E-state index >= 15 is 0 Å². The number of anilines is 1. The SMILES string of the molecule is CCN(C(C)C)C(C)C.COc1cc(OC)cc(O[C@H](C(=O)[O-])[C@]2(c3ccccc3)c3cc(Cl)ccc3N(C)C(=O)CN2C(C)=O)c1. The highest BCUT2D eigenvalue weighted by atomic mass is 35.5. The van der Waals surface area contributed by atoms with Crippen LogP contribution in [0.4, 0.5) is 5.69 Å². The molecule has 0 saturated heterocycles. The van der Waals surface area contributed by atoms with Crippen molar-refractivity contribution in [2.45, 2.75) is 65.3 Å². The van der Waals surface area contributed by atoms with E-state index in [-0.39, 0.29) is 16.3 Å². The van der Waals surface area contributed by atoms with Crippen molar-refractivity contribution < 1.29 is 33.7 Å². The zero-order valence-electron chi connectivity index (χ0n) is 28.6. The van der Waals surface area contributed by atoms with Gasteiger partial charge in [-0.25, -0.2) is 0 Å². The average Bonchev–Trinajstić information content (AvgIpc) is 3.12. The van der Waals surface area contributed by atoms with Crippen molar-refractivity contribution in [2.24, 2.45) is 0 Å². The predicted molar refractivity (Wildman–Crippen MR) is 181 cm³/mol. The van der Waals surface area contributed by atoms with Gasteiger partial charge in [0.2, 0.25) is 11.8 Å². The van der Waals surface area contributed by atoms with Crippen LogP contribution in [0, 0.1) is 0 Å². The van der Waals surface area contributed by atoms with Gasteiger partial charge in [0.05, 0.1) is 20.2 Å². The Labute approximate surface area is 282 Å². The second-order valence-corrected chi connectivity index (χ2v) is 12.2. The number of fused-ring (bicyclic) bond motifs is 1. The number of likely N-dealkylation sites (N-methyl/N-ethyl adjacent to an activating group) is 1. The van der Waals surface area contributed by atoms with E-state index in [0.717, 1.165) is 6.54 Å². The lowest BCUT2D eigenvalue weighted by molar-refractivity contribution is -0.317. The van der Waals surface area contributed by atoms with E-state index in [0.29, 0.717) is 34.8 Å². The van der Waals surface area contributed by atoms with E-state index in [1.54, 1.807) is 61.6 Å². The number of rotatable bonds is 10. The molecule has 2 atom stereocenters. The predicted octanol–water partition coefficient (Wildman–Crippen LogP) is 4.75. The van der Waals surface area contributed by atoms with Gasteiger partial charge in [-0.2, -0.15) is 0 Å². The molecule has 0 aliphatic carbocycles. The Kier molecular flexibility index (Phi) is 12.7. The second-order valence-electron chi connectivity index (χ2n) is 11.7. The number of nitrogens with zero attached hydrogens (tertiary/aromatic N) is 3. The Hall–Kier alpha value is -4.28. The molecule has 254 valence electrons. The summed E-state index contributed by atoms with van der Waals surface area (Å²) in [5.41, 5.74) is -0.845. The molecule has 0 radical (unpaired) electrons. The van der Waals surface area contributed by atoms with Gasteiger partial charge >= 0.3 is 0 Å². The van der Waals surface area contributed by atoms with Crippen LogP contribution in [0.25, 0.3) is 0 Å². The summed E-state index contributed by atoms with van der Waals surface area (Å²) < 4.78 is 16.8. The molecule has 1 aliphatic heterocycles. The molecular weight excluding hydrogens is 622 g/mol. The molecule has 0 saturated carbocycles. The molecular formula is C36H45ClN3O7-. The highest BCUT2D eigenvalue weighted by Gasteiger charge is 2.54. The number of benzene rings is 3. The minimum atomic E-state index is -1.87. The molecule has 0 N–H and O–H groups in total. The van der Waals surface area contributed by atoms with Crippen LogP contribution in [0.15, 0.2) is 66.7 Å². The summed E-state index contributed by atoms with van der Waals surface area (Å²) in [7, 11) is 4.45. The van der Waals surface area contributed by atoms with Gasteiger partial charge in [-0.3, -0.25) is 14.5 Å². The summed E-state index contributed by atoms with van der Waals surface area (Å²) in [6, 6.07) is 19.2. The fourth-order valence-corrected chi connectivity index (χ4v) is 6.34. The lowest BCUT2D eigenvalue weighted by atomic mass is 9.75. The Morgan fingerprint density at radius 2 is 1.49 bits per heavy atom. The number of amides is 2. The van der Waals surface area contributed by atoms with Crippen LogP contribution in [0.2, 0.25) is 5.02 Å². The molecule has 2 amide bonds. The first-order valence-corrected chi connectivity index (χ1v) is 15.9. The Bertz CT molecular complexity index is 1520. The molecule has 3 aromatic rings. The quantitative estimate of drug-likeness (QED) is 0.305. The topological polar surface area (TPSA) is 112 Å². The standard InChI is InChI=1S/C28H27ClN2O7.C8H19N/c1-17(32)31-16-25(33)30(2)24-11-10-19(29)12-23(24)28(31,18-8-6-5-7-9-18)26(27(34)35)38-22-14-20(36-3)13-21(15-22)37-4;1-6-9(7(2)3)8(4)5/h5-15,26H,16H2,1-4H3,(H,34,35);7-8H,6H2,1-5H3/p-1/t26-,28+;/m1./s1. The van der Waals surface area contributed by atoms with Crippen molar-refractivity contribution in [1.29, 1.82) is 0 Å². The van der Waals surface area contributed by atoms with E-state index in [2.05, 4.69) is 39.5 Å². The van der Waals surface area contributed by atoms with Crippen molar-refractivity contribution in [3.05, 3.63) is 82.9 Å². The third-order valence-electron chi connectivity index (χ3n) is 8.28. The first-order valence-electron chi connectivity index (χ1n) is 15.5. The molecule has 4 rings (SSSR count). The second kappa shape index (κ2) is 16.0. The summed E-state index contributed by atoms with van der Waals surface area (Å²) in [6.45, 7) is 13.2. The molecule has 0 unspecified atom stereocenters. The van der Waals surface area contributed by atoms with Crippen molar-refractivity contribution in [3.8, 4) is 17.2 Å². The highest BCUT2D eigenvalue weighted by Crippen LogP contribution is 2.48. The average molecular weight is 667 g/mol. The number of carbonyl (C=O) groups is 3. The number of carboxylic acids is 1. The summed E-state index contributed by atoms with van der Waals surface area (Å²) in [6.07, 6.45) is -1.85. The molecule has 0 aromatic heterocycles. The van der Waals surface area contributed by atoms with Crippen molar-refractivity contribution in [3.63, 3.8) is 0 Å². The van der Waals surface area contributed by atoms with Gasteiger partial charge in [-0.1, -0.05) is 48.9 Å². The maximum Gasteiger partial charge on any atom is 0.246 e. The number of methoxy groups -OCH3 is 2. The first kappa shape index (κ1) is 37.2. The number of hydrogen-bond acceptors (Lipinski definition) is 8. The third kappa shape index (κ3) is 8.00. The van der Waals surface area contributed by atoms with Crippen LogP contribution >= 0.6 is 11.6 Å². The van der Waals surface area contributed by atoms with Gasteiger partial charge in [-0.15, -0.1) is 0 Å². The fraction of sp³-hybridized carbons (Fsp3) is 0.417. The van der Waals surface area contributed by atoms with Crippen LogP contribution in [0.1, 0.15) is 52.7 Å². The molecule has 0 spiro atoms. The van der Waals surface area contributed by atoms with E-state index in [9.17, 15) is 19.5 Å². The molecule has 10 nitrogen and oxygen atoms in total. The monoisotopic (exact) mass is 666 g/mol. The van der Waals surface area contributed by atoms with E-state index in [1.165, 1.54) is 43.1 Å². The van der Waals surface area contributed by atoms with Crippen LogP contribution in [0.3, 0.4) is 0 Å². The Morgan fingerprint density at radius 1 is 0.936 bits per heavy atom. The summed E-state index contributed by atoms with van der Waals surface area (Å²) in [5.74, 6) is -1.81. The molecule has 11 heteroatoms. The summed E-state index contributed by atoms with van der Waals surface area (Å²) >= 11 is 6.44. The normalized spacial score (nSPS) is 16.7. The maximum atomic E-state index is 13.3.